The molecule has 0 unspecified atom stereocenters. The van der Waals surface area contributed by atoms with Gasteiger partial charge in [-0.25, -0.2) is 0 Å². The van der Waals surface area contributed by atoms with Gasteiger partial charge in [0.2, 0.25) is 5.91 Å². The van der Waals surface area contributed by atoms with Crippen LogP contribution in [0.2, 0.25) is 0 Å². The fourth-order valence-electron chi connectivity index (χ4n) is 1.77. The summed E-state index contributed by atoms with van der Waals surface area (Å²) in [5, 5.41) is 3.21. The number of amides is 1. The number of nitrogens with zero attached hydrogens (tertiary/aromatic N) is 1. The summed E-state index contributed by atoms with van der Waals surface area (Å²) in [7, 11) is 1.94. The van der Waals surface area contributed by atoms with Crippen molar-refractivity contribution in [3.05, 3.63) is 12.7 Å². The Morgan fingerprint density at radius 3 is 2.85 bits per heavy atom. The van der Waals surface area contributed by atoms with Gasteiger partial charge in [0.25, 0.3) is 0 Å². The predicted molar refractivity (Wildman–Crippen MR) is 53.5 cm³/mol. The minimum Gasteiger partial charge on any atom is -0.335 e. The van der Waals surface area contributed by atoms with E-state index in [4.69, 9.17) is 0 Å². The summed E-state index contributed by atoms with van der Waals surface area (Å²) in [5.41, 5.74) is 0. The van der Waals surface area contributed by atoms with Gasteiger partial charge in [0.15, 0.2) is 0 Å². The maximum absolute atomic E-state index is 11.4. The lowest BCUT2D eigenvalue weighted by molar-refractivity contribution is -0.129. The third-order valence-electron chi connectivity index (χ3n) is 2.75. The van der Waals surface area contributed by atoms with Crippen molar-refractivity contribution in [1.29, 1.82) is 0 Å². The van der Waals surface area contributed by atoms with Crippen molar-refractivity contribution in [1.82, 2.24) is 10.2 Å². The molecule has 0 aliphatic carbocycles. The Balaban J connectivity index is 2.59. The number of carbonyl (C=O) groups excluding carboxylic acids is 1. The quantitative estimate of drug-likeness (QED) is 0.640. The van der Waals surface area contributed by atoms with E-state index in [-0.39, 0.29) is 5.91 Å². The molecule has 0 radical (unpaired) electrons. The molecule has 1 heterocycles. The van der Waals surface area contributed by atoms with Crippen LogP contribution in [0.15, 0.2) is 12.7 Å². The molecule has 1 N–H and O–H groups in total. The van der Waals surface area contributed by atoms with E-state index in [0.29, 0.717) is 12.1 Å². The maximum Gasteiger partial charge on any atom is 0.246 e. The Bertz CT molecular complexity index is 203. The third kappa shape index (κ3) is 2.31. The molecule has 0 aromatic carbocycles. The summed E-state index contributed by atoms with van der Waals surface area (Å²) in [6.45, 7) is 6.41. The molecule has 1 rings (SSSR count). The van der Waals surface area contributed by atoms with Crippen LogP contribution in [0.1, 0.15) is 19.8 Å². The van der Waals surface area contributed by atoms with Crippen molar-refractivity contribution in [2.75, 3.05) is 13.6 Å². The zero-order valence-corrected chi connectivity index (χ0v) is 8.42. The molecule has 2 atom stereocenters. The van der Waals surface area contributed by atoms with Gasteiger partial charge < -0.3 is 10.2 Å². The van der Waals surface area contributed by atoms with Crippen LogP contribution in [0.25, 0.3) is 0 Å². The van der Waals surface area contributed by atoms with Crippen LogP contribution < -0.4 is 5.32 Å². The summed E-state index contributed by atoms with van der Waals surface area (Å²) >= 11 is 0. The number of rotatable bonds is 2. The molecule has 74 valence electrons. The van der Waals surface area contributed by atoms with Gasteiger partial charge in [-0.3, -0.25) is 4.79 Å². The Kier molecular flexibility index (Phi) is 3.48. The molecule has 1 aliphatic heterocycles. The molecule has 1 saturated heterocycles. The highest BCUT2D eigenvalue weighted by Crippen LogP contribution is 2.16. The van der Waals surface area contributed by atoms with E-state index in [9.17, 15) is 4.79 Å². The molecule has 1 aliphatic rings. The van der Waals surface area contributed by atoms with Gasteiger partial charge >= 0.3 is 0 Å². The molecule has 0 spiro atoms. The number of hydrogen-bond acceptors (Lipinski definition) is 2. The largest absolute Gasteiger partial charge is 0.335 e. The monoisotopic (exact) mass is 182 g/mol. The number of hydrogen-bond donors (Lipinski definition) is 1. The first-order chi connectivity index (χ1) is 6.19. The summed E-state index contributed by atoms with van der Waals surface area (Å²) in [4.78, 5) is 13.3. The SMILES string of the molecule is C=CC(=O)N1C[C@H](NC)CC[C@@H]1C. The van der Waals surface area contributed by atoms with Crippen molar-refractivity contribution in [2.24, 2.45) is 0 Å². The van der Waals surface area contributed by atoms with Gasteiger partial charge in [-0.1, -0.05) is 6.58 Å². The minimum absolute atomic E-state index is 0.0486. The van der Waals surface area contributed by atoms with Crippen molar-refractivity contribution >= 4 is 5.91 Å². The third-order valence-corrected chi connectivity index (χ3v) is 2.75. The summed E-state index contributed by atoms with van der Waals surface area (Å²) < 4.78 is 0. The van der Waals surface area contributed by atoms with Crippen LogP contribution in [0, 0.1) is 0 Å². The molecule has 0 saturated carbocycles. The fraction of sp³-hybridized carbons (Fsp3) is 0.700. The molecule has 1 fully saturated rings. The molecular formula is C10H18N2O. The molecule has 0 aromatic rings. The summed E-state index contributed by atoms with van der Waals surface area (Å²) in [6.07, 6.45) is 3.62. The highest BCUT2D eigenvalue weighted by molar-refractivity contribution is 5.87. The normalized spacial score (nSPS) is 28.6. The number of likely N-dealkylation sites (tertiary alicyclic amines) is 1. The molecule has 1 amide bonds. The second-order valence-electron chi connectivity index (χ2n) is 3.61. The lowest BCUT2D eigenvalue weighted by atomic mass is 9.99. The second-order valence-corrected chi connectivity index (χ2v) is 3.61. The molecule has 3 heteroatoms. The van der Waals surface area contributed by atoms with E-state index in [1.807, 2.05) is 11.9 Å². The number of nitrogens with one attached hydrogen (secondary N) is 1. The van der Waals surface area contributed by atoms with E-state index >= 15 is 0 Å². The predicted octanol–water partition coefficient (Wildman–Crippen LogP) is 0.771. The Labute approximate surface area is 79.8 Å². The van der Waals surface area contributed by atoms with Gasteiger partial charge in [0, 0.05) is 18.6 Å². The fourth-order valence-corrected chi connectivity index (χ4v) is 1.77. The van der Waals surface area contributed by atoms with E-state index in [1.165, 1.54) is 6.08 Å². The smallest absolute Gasteiger partial charge is 0.246 e. The molecule has 3 nitrogen and oxygen atoms in total. The van der Waals surface area contributed by atoms with Crippen molar-refractivity contribution in [3.63, 3.8) is 0 Å². The first-order valence-corrected chi connectivity index (χ1v) is 4.79. The van der Waals surface area contributed by atoms with Crippen LogP contribution in [0.5, 0.6) is 0 Å². The van der Waals surface area contributed by atoms with Crippen LogP contribution in [0.4, 0.5) is 0 Å². The minimum atomic E-state index is 0.0486. The zero-order valence-electron chi connectivity index (χ0n) is 8.42. The highest BCUT2D eigenvalue weighted by Gasteiger charge is 2.26. The van der Waals surface area contributed by atoms with E-state index in [1.54, 1.807) is 0 Å². The van der Waals surface area contributed by atoms with Gasteiger partial charge in [-0.2, -0.15) is 0 Å². The molecule has 0 bridgehead atoms. The van der Waals surface area contributed by atoms with Crippen molar-refractivity contribution in [3.8, 4) is 0 Å². The Morgan fingerprint density at radius 1 is 1.62 bits per heavy atom. The van der Waals surface area contributed by atoms with Gasteiger partial charge in [-0.15, -0.1) is 0 Å². The van der Waals surface area contributed by atoms with Crippen molar-refractivity contribution in [2.45, 2.75) is 31.8 Å². The zero-order chi connectivity index (χ0) is 9.84. The van der Waals surface area contributed by atoms with E-state index < -0.39 is 0 Å². The maximum atomic E-state index is 11.4. The van der Waals surface area contributed by atoms with Crippen LogP contribution in [0.3, 0.4) is 0 Å². The average Bonchev–Trinajstić information content (AvgIpc) is 2.17. The summed E-state index contributed by atoms with van der Waals surface area (Å²) in [5.74, 6) is 0.0486. The number of likely N-dealkylation sites (N-methyl/N-ethyl adjacent to an activating group) is 1. The van der Waals surface area contributed by atoms with E-state index in [2.05, 4.69) is 18.8 Å². The lowest BCUT2D eigenvalue weighted by Gasteiger charge is -2.37. The topological polar surface area (TPSA) is 32.3 Å². The van der Waals surface area contributed by atoms with Crippen LogP contribution in [-0.2, 0) is 4.79 Å². The van der Waals surface area contributed by atoms with Crippen molar-refractivity contribution < 1.29 is 4.79 Å². The van der Waals surface area contributed by atoms with Gasteiger partial charge in [0.05, 0.1) is 0 Å². The standard InChI is InChI=1S/C10H18N2O/c1-4-10(13)12-7-9(11-3)6-5-8(12)2/h4,8-9,11H,1,5-7H2,2-3H3/t8-,9+/m0/s1. The average molecular weight is 182 g/mol. The lowest BCUT2D eigenvalue weighted by Crippen LogP contribution is -2.50. The molecule has 13 heavy (non-hydrogen) atoms. The number of piperidine rings is 1. The first-order valence-electron chi connectivity index (χ1n) is 4.79. The Hall–Kier alpha value is -0.830. The summed E-state index contributed by atoms with van der Waals surface area (Å²) in [6, 6.07) is 0.801. The highest BCUT2D eigenvalue weighted by atomic mass is 16.2. The first kappa shape index (κ1) is 10.3. The molecule has 0 aromatic heterocycles. The Morgan fingerprint density at radius 2 is 2.31 bits per heavy atom. The molecular weight excluding hydrogens is 164 g/mol. The van der Waals surface area contributed by atoms with Crippen LogP contribution >= 0.6 is 0 Å². The van der Waals surface area contributed by atoms with E-state index in [0.717, 1.165) is 19.4 Å². The van der Waals surface area contributed by atoms with Gasteiger partial charge in [-0.05, 0) is 32.9 Å². The second kappa shape index (κ2) is 4.42. The van der Waals surface area contributed by atoms with Gasteiger partial charge in [0.1, 0.15) is 0 Å². The van der Waals surface area contributed by atoms with Crippen LogP contribution in [-0.4, -0.2) is 36.5 Å². The number of carbonyl (C=O) groups is 1.